The Hall–Kier alpha value is -2.14. The van der Waals surface area contributed by atoms with Crippen LogP contribution in [0.1, 0.15) is 26.3 Å². The predicted octanol–water partition coefficient (Wildman–Crippen LogP) is 2.71. The van der Waals surface area contributed by atoms with Crippen molar-refractivity contribution in [1.82, 2.24) is 0 Å². The number of hydrogen-bond acceptors (Lipinski definition) is 4. The van der Waals surface area contributed by atoms with E-state index in [1.165, 1.54) is 6.92 Å². The Labute approximate surface area is 131 Å². The van der Waals surface area contributed by atoms with Crippen molar-refractivity contribution < 1.29 is 19.1 Å². The van der Waals surface area contributed by atoms with Gasteiger partial charge in [0.25, 0.3) is 5.91 Å². The Morgan fingerprint density at radius 1 is 1.27 bits per heavy atom. The molecule has 5 heteroatoms. The number of benzene rings is 1. The fourth-order valence-corrected chi connectivity index (χ4v) is 1.79. The van der Waals surface area contributed by atoms with E-state index in [-0.39, 0.29) is 12.5 Å². The first kappa shape index (κ1) is 17.9. The molecule has 0 heterocycles. The van der Waals surface area contributed by atoms with Crippen molar-refractivity contribution in [3.63, 3.8) is 0 Å². The maximum atomic E-state index is 12.1. The van der Waals surface area contributed by atoms with Crippen molar-refractivity contribution in [3.8, 4) is 0 Å². The maximum absolute atomic E-state index is 12.1. The van der Waals surface area contributed by atoms with Gasteiger partial charge in [0.15, 0.2) is 12.2 Å². The summed E-state index contributed by atoms with van der Waals surface area (Å²) >= 11 is 0. The highest BCUT2D eigenvalue weighted by Crippen LogP contribution is 2.16. The van der Waals surface area contributed by atoms with Crippen molar-refractivity contribution in [3.05, 3.63) is 42.5 Å². The van der Waals surface area contributed by atoms with Crippen LogP contribution in [-0.4, -0.2) is 30.7 Å². The van der Waals surface area contributed by atoms with Gasteiger partial charge in [-0.1, -0.05) is 31.2 Å². The summed E-state index contributed by atoms with van der Waals surface area (Å²) in [6.07, 6.45) is 0.710. The first-order valence-corrected chi connectivity index (χ1v) is 7.31. The number of esters is 1. The minimum absolute atomic E-state index is 0.251. The van der Waals surface area contributed by atoms with E-state index >= 15 is 0 Å². The van der Waals surface area contributed by atoms with Crippen LogP contribution in [0.15, 0.2) is 36.9 Å². The third kappa shape index (κ3) is 5.33. The van der Waals surface area contributed by atoms with E-state index in [9.17, 15) is 9.59 Å². The highest BCUT2D eigenvalue weighted by Gasteiger charge is 2.22. The fraction of sp³-hybridized carbons (Fsp3) is 0.412. The van der Waals surface area contributed by atoms with Gasteiger partial charge in [0, 0.05) is 5.69 Å². The lowest BCUT2D eigenvalue weighted by Crippen LogP contribution is -2.34. The molecule has 22 heavy (non-hydrogen) atoms. The molecular weight excluding hydrogens is 282 g/mol. The van der Waals surface area contributed by atoms with Gasteiger partial charge in [-0.05, 0) is 31.9 Å². The Morgan fingerprint density at radius 3 is 2.59 bits per heavy atom. The molecule has 0 bridgehead atoms. The topological polar surface area (TPSA) is 64.6 Å². The minimum Gasteiger partial charge on any atom is -0.451 e. The summed E-state index contributed by atoms with van der Waals surface area (Å²) in [5.74, 6) is -0.946. The second-order valence-corrected chi connectivity index (χ2v) is 4.84. The highest BCUT2D eigenvalue weighted by molar-refractivity contribution is 5.95. The van der Waals surface area contributed by atoms with E-state index in [1.807, 2.05) is 31.2 Å². The van der Waals surface area contributed by atoms with Gasteiger partial charge < -0.3 is 14.8 Å². The molecule has 1 rings (SSSR count). The van der Waals surface area contributed by atoms with Crippen LogP contribution in [0.5, 0.6) is 0 Å². The molecule has 0 fully saturated rings. The van der Waals surface area contributed by atoms with Crippen molar-refractivity contribution >= 4 is 17.6 Å². The van der Waals surface area contributed by atoms with E-state index in [0.29, 0.717) is 0 Å². The van der Waals surface area contributed by atoms with Crippen LogP contribution in [0.4, 0.5) is 5.69 Å². The van der Waals surface area contributed by atoms with Crippen LogP contribution < -0.4 is 5.32 Å². The van der Waals surface area contributed by atoms with Crippen molar-refractivity contribution in [2.75, 3.05) is 11.9 Å². The molecule has 0 aliphatic rings. The molecule has 0 radical (unpaired) electrons. The zero-order chi connectivity index (χ0) is 16.5. The number of rotatable bonds is 8. The van der Waals surface area contributed by atoms with E-state index in [2.05, 4.69) is 11.9 Å². The van der Waals surface area contributed by atoms with Crippen molar-refractivity contribution in [1.29, 1.82) is 0 Å². The molecule has 2 unspecified atom stereocenters. The summed E-state index contributed by atoms with van der Waals surface area (Å²) in [6, 6.07) is 7.52. The number of nitrogens with one attached hydrogen (secondary N) is 1. The monoisotopic (exact) mass is 305 g/mol. The van der Waals surface area contributed by atoms with Crippen LogP contribution in [0.3, 0.4) is 0 Å². The Balaban J connectivity index is 2.58. The molecule has 1 aromatic carbocycles. The number of anilines is 1. The highest BCUT2D eigenvalue weighted by atomic mass is 16.6. The molecular formula is C17H23NO4. The number of amides is 1. The van der Waals surface area contributed by atoms with Gasteiger partial charge in [-0.3, -0.25) is 4.79 Å². The minimum atomic E-state index is -0.896. The van der Waals surface area contributed by atoms with Crippen LogP contribution >= 0.6 is 0 Å². The zero-order valence-electron chi connectivity index (χ0n) is 13.3. The van der Waals surface area contributed by atoms with Crippen molar-refractivity contribution in [2.24, 2.45) is 0 Å². The average Bonchev–Trinajstić information content (AvgIpc) is 2.52. The normalized spacial score (nSPS) is 13.0. The van der Waals surface area contributed by atoms with Crippen LogP contribution in [0.2, 0.25) is 0 Å². The molecule has 1 aromatic rings. The van der Waals surface area contributed by atoms with Gasteiger partial charge in [-0.2, -0.15) is 0 Å². The van der Waals surface area contributed by atoms with E-state index in [0.717, 1.165) is 17.7 Å². The quantitative estimate of drug-likeness (QED) is 0.592. The smallest absolute Gasteiger partial charge is 0.335 e. The Kier molecular flexibility index (Phi) is 7.32. The average molecular weight is 305 g/mol. The Bertz CT molecular complexity index is 527. The van der Waals surface area contributed by atoms with Gasteiger partial charge in [-0.25, -0.2) is 4.79 Å². The molecule has 120 valence electrons. The number of para-hydroxylation sites is 1. The van der Waals surface area contributed by atoms with E-state index in [4.69, 9.17) is 9.47 Å². The number of hydrogen-bond donors (Lipinski definition) is 1. The summed E-state index contributed by atoms with van der Waals surface area (Å²) in [5, 5.41) is 2.78. The molecule has 2 atom stereocenters. The first-order chi connectivity index (χ1) is 10.5. The SMILES string of the molecule is C=CCOC(C)C(=O)OC(C)C(=O)Nc1ccccc1CC. The fourth-order valence-electron chi connectivity index (χ4n) is 1.79. The molecule has 0 aliphatic heterocycles. The molecule has 1 amide bonds. The summed E-state index contributed by atoms with van der Waals surface area (Å²) in [7, 11) is 0. The second kappa shape index (κ2) is 9.00. The van der Waals surface area contributed by atoms with Crippen molar-refractivity contribution in [2.45, 2.75) is 39.4 Å². The molecule has 1 N–H and O–H groups in total. The summed E-state index contributed by atoms with van der Waals surface area (Å²) in [5.41, 5.74) is 1.76. The molecule has 0 aromatic heterocycles. The lowest BCUT2D eigenvalue weighted by atomic mass is 10.1. The largest absolute Gasteiger partial charge is 0.451 e. The first-order valence-electron chi connectivity index (χ1n) is 7.31. The molecule has 0 aliphatic carbocycles. The van der Waals surface area contributed by atoms with Crippen LogP contribution in [0, 0.1) is 0 Å². The number of carbonyl (C=O) groups excluding carboxylic acids is 2. The predicted molar refractivity (Wildman–Crippen MR) is 85.6 cm³/mol. The van der Waals surface area contributed by atoms with Crippen LogP contribution in [-0.2, 0) is 25.5 Å². The molecule has 0 spiro atoms. The number of aryl methyl sites for hydroxylation is 1. The number of ether oxygens (including phenoxy) is 2. The van der Waals surface area contributed by atoms with Gasteiger partial charge in [0.1, 0.15) is 0 Å². The zero-order valence-corrected chi connectivity index (χ0v) is 13.3. The van der Waals surface area contributed by atoms with Gasteiger partial charge in [0.2, 0.25) is 0 Å². The third-order valence-electron chi connectivity index (χ3n) is 3.11. The van der Waals surface area contributed by atoms with Gasteiger partial charge >= 0.3 is 5.97 Å². The van der Waals surface area contributed by atoms with E-state index < -0.39 is 18.2 Å². The summed E-state index contributed by atoms with van der Waals surface area (Å²) in [6.45, 7) is 8.86. The maximum Gasteiger partial charge on any atom is 0.335 e. The lowest BCUT2D eigenvalue weighted by molar-refractivity contribution is -0.163. The molecule has 5 nitrogen and oxygen atoms in total. The lowest BCUT2D eigenvalue weighted by Gasteiger charge is -2.17. The van der Waals surface area contributed by atoms with Crippen LogP contribution in [0.25, 0.3) is 0 Å². The van der Waals surface area contributed by atoms with Gasteiger partial charge in [-0.15, -0.1) is 6.58 Å². The Morgan fingerprint density at radius 2 is 1.95 bits per heavy atom. The standard InChI is InChI=1S/C17H23NO4/c1-5-11-21-13(4)17(20)22-12(3)16(19)18-15-10-8-7-9-14(15)6-2/h5,7-10,12-13H,1,6,11H2,2-4H3,(H,18,19). The number of carbonyl (C=O) groups is 2. The molecule has 0 saturated carbocycles. The van der Waals surface area contributed by atoms with Gasteiger partial charge in [0.05, 0.1) is 6.61 Å². The summed E-state index contributed by atoms with van der Waals surface area (Å²) < 4.78 is 10.3. The third-order valence-corrected chi connectivity index (χ3v) is 3.11. The van der Waals surface area contributed by atoms with E-state index in [1.54, 1.807) is 13.0 Å². The summed E-state index contributed by atoms with van der Waals surface area (Å²) in [4.78, 5) is 23.9. The second-order valence-electron chi connectivity index (χ2n) is 4.84. The molecule has 0 saturated heterocycles.